The number of benzene rings is 2. The third-order valence-corrected chi connectivity index (χ3v) is 6.69. The largest absolute Gasteiger partial charge is 0.354 e. The fraction of sp³-hybridized carbons (Fsp3) is 0.440. The summed E-state index contributed by atoms with van der Waals surface area (Å²) in [5.41, 5.74) is 4.45. The van der Waals surface area contributed by atoms with Gasteiger partial charge in [-0.05, 0) is 49.9 Å². The molecule has 2 amide bonds. The molecular weight excluding hydrogens is 463 g/mol. The van der Waals surface area contributed by atoms with E-state index in [1.165, 1.54) is 16.7 Å². The van der Waals surface area contributed by atoms with Crippen LogP contribution in [0.4, 0.5) is 0 Å². The lowest BCUT2D eigenvalue weighted by Crippen LogP contribution is -2.48. The summed E-state index contributed by atoms with van der Waals surface area (Å²) in [4.78, 5) is 27.5. The minimum Gasteiger partial charge on any atom is -0.354 e. The predicted octanol–water partition coefficient (Wildman–Crippen LogP) is 6.03. The van der Waals surface area contributed by atoms with Gasteiger partial charge >= 0.3 is 0 Å². The van der Waals surface area contributed by atoms with Crippen molar-refractivity contribution in [3.05, 3.63) is 68.7 Å². The van der Waals surface area contributed by atoms with Gasteiger partial charge in [0.25, 0.3) is 0 Å². The maximum atomic E-state index is 13.2. The number of carbonyl (C=O) groups is 2. The van der Waals surface area contributed by atoms with E-state index in [-0.39, 0.29) is 24.1 Å². The summed E-state index contributed by atoms with van der Waals surface area (Å²) in [6, 6.07) is 11.1. The van der Waals surface area contributed by atoms with Crippen molar-refractivity contribution in [2.45, 2.75) is 53.0 Å². The van der Waals surface area contributed by atoms with Gasteiger partial charge in [0.2, 0.25) is 11.8 Å². The Labute approximate surface area is 206 Å². The molecule has 1 unspecified atom stereocenters. The fourth-order valence-corrected chi connectivity index (χ4v) is 4.53. The van der Waals surface area contributed by atoms with Crippen molar-refractivity contribution in [2.24, 2.45) is 5.92 Å². The molecule has 0 heterocycles. The van der Waals surface area contributed by atoms with Crippen molar-refractivity contribution in [2.75, 3.05) is 12.3 Å². The molecule has 1 atom stereocenters. The minimum absolute atomic E-state index is 0.0855. The van der Waals surface area contributed by atoms with Gasteiger partial charge in [-0.3, -0.25) is 9.59 Å². The normalized spacial score (nSPS) is 12.0. The van der Waals surface area contributed by atoms with Crippen molar-refractivity contribution in [1.82, 2.24) is 10.2 Å². The molecule has 2 aromatic carbocycles. The van der Waals surface area contributed by atoms with Crippen LogP contribution in [0.25, 0.3) is 0 Å². The van der Waals surface area contributed by atoms with Crippen LogP contribution in [0.2, 0.25) is 10.0 Å². The van der Waals surface area contributed by atoms with E-state index in [1.807, 2.05) is 19.9 Å². The fourth-order valence-electron chi connectivity index (χ4n) is 3.36. The van der Waals surface area contributed by atoms with Crippen LogP contribution < -0.4 is 5.32 Å². The van der Waals surface area contributed by atoms with Crippen molar-refractivity contribution in [3.63, 3.8) is 0 Å². The summed E-state index contributed by atoms with van der Waals surface area (Å²) in [5, 5.41) is 3.82. The molecule has 0 spiro atoms. The van der Waals surface area contributed by atoms with Gasteiger partial charge in [0.1, 0.15) is 6.04 Å². The average Bonchev–Trinajstić information content (AvgIpc) is 2.71. The highest BCUT2D eigenvalue weighted by molar-refractivity contribution is 7.99. The van der Waals surface area contributed by atoms with Gasteiger partial charge in [-0.25, -0.2) is 0 Å². The molecule has 2 aromatic rings. The summed E-state index contributed by atoms with van der Waals surface area (Å²) in [5.74, 6) is 1.11. The van der Waals surface area contributed by atoms with Crippen LogP contribution in [0, 0.1) is 19.8 Å². The molecule has 0 saturated carbocycles. The molecule has 32 heavy (non-hydrogen) atoms. The first kappa shape index (κ1) is 26.6. The lowest BCUT2D eigenvalue weighted by molar-refractivity contribution is -0.138. The molecular formula is C25H32Cl2N2O2S. The van der Waals surface area contributed by atoms with Crippen molar-refractivity contribution < 1.29 is 9.59 Å². The second kappa shape index (κ2) is 12.5. The first-order valence-corrected chi connectivity index (χ1v) is 12.6. The lowest BCUT2D eigenvalue weighted by atomic mass is 10.1. The molecule has 4 nitrogen and oxygen atoms in total. The van der Waals surface area contributed by atoms with Gasteiger partial charge in [-0.1, -0.05) is 72.4 Å². The van der Waals surface area contributed by atoms with E-state index >= 15 is 0 Å². The van der Waals surface area contributed by atoms with E-state index in [0.717, 1.165) is 11.3 Å². The molecule has 0 aliphatic carbocycles. The highest BCUT2D eigenvalue weighted by Crippen LogP contribution is 2.24. The zero-order valence-corrected chi connectivity index (χ0v) is 21.7. The predicted molar refractivity (Wildman–Crippen MR) is 136 cm³/mol. The van der Waals surface area contributed by atoms with Crippen LogP contribution in [0.3, 0.4) is 0 Å². The number of nitrogens with zero attached hydrogens (tertiary/aromatic N) is 1. The molecule has 1 N–H and O–H groups in total. The highest BCUT2D eigenvalue weighted by Gasteiger charge is 2.26. The topological polar surface area (TPSA) is 49.4 Å². The summed E-state index contributed by atoms with van der Waals surface area (Å²) in [6.45, 7) is 10.8. The quantitative estimate of drug-likeness (QED) is 0.438. The zero-order valence-electron chi connectivity index (χ0n) is 19.4. The molecule has 0 aromatic heterocycles. The highest BCUT2D eigenvalue weighted by atomic mass is 35.5. The van der Waals surface area contributed by atoms with Crippen LogP contribution in [0.15, 0.2) is 36.4 Å². The third-order valence-electron chi connectivity index (χ3n) is 4.96. The monoisotopic (exact) mass is 494 g/mol. The Morgan fingerprint density at radius 2 is 1.62 bits per heavy atom. The molecule has 0 aliphatic rings. The molecule has 7 heteroatoms. The van der Waals surface area contributed by atoms with Gasteiger partial charge in [0.15, 0.2) is 0 Å². The molecule has 0 fully saturated rings. The first-order chi connectivity index (χ1) is 15.1. The number of nitrogens with one attached hydrogen (secondary N) is 1. The van der Waals surface area contributed by atoms with Gasteiger partial charge < -0.3 is 10.2 Å². The lowest BCUT2D eigenvalue weighted by Gasteiger charge is -2.29. The van der Waals surface area contributed by atoms with Crippen molar-refractivity contribution >= 4 is 46.8 Å². The van der Waals surface area contributed by atoms with Crippen molar-refractivity contribution in [3.8, 4) is 0 Å². The van der Waals surface area contributed by atoms with Crippen LogP contribution in [0.1, 0.15) is 43.0 Å². The van der Waals surface area contributed by atoms with Gasteiger partial charge in [-0.15, -0.1) is 11.8 Å². The Hall–Kier alpha value is -1.69. The summed E-state index contributed by atoms with van der Waals surface area (Å²) >= 11 is 13.7. The van der Waals surface area contributed by atoms with E-state index in [1.54, 1.807) is 35.7 Å². The maximum Gasteiger partial charge on any atom is 0.242 e. The van der Waals surface area contributed by atoms with E-state index in [4.69, 9.17) is 23.2 Å². The average molecular weight is 496 g/mol. The molecule has 0 aliphatic heterocycles. The van der Waals surface area contributed by atoms with Crippen LogP contribution in [-0.4, -0.2) is 35.1 Å². The Morgan fingerprint density at radius 1 is 0.969 bits per heavy atom. The number of amides is 2. The Morgan fingerprint density at radius 3 is 2.22 bits per heavy atom. The molecule has 174 valence electrons. The number of hydrogen-bond acceptors (Lipinski definition) is 3. The number of aryl methyl sites for hydroxylation is 2. The minimum atomic E-state index is -0.600. The molecule has 0 bridgehead atoms. The molecule has 0 radical (unpaired) electrons. The zero-order chi connectivity index (χ0) is 23.8. The third kappa shape index (κ3) is 8.34. The van der Waals surface area contributed by atoms with Crippen molar-refractivity contribution in [1.29, 1.82) is 0 Å². The Kier molecular flexibility index (Phi) is 10.4. The van der Waals surface area contributed by atoms with Crippen LogP contribution in [0.5, 0.6) is 0 Å². The number of rotatable bonds is 10. The van der Waals surface area contributed by atoms with Gasteiger partial charge in [-0.2, -0.15) is 0 Å². The van der Waals surface area contributed by atoms with Gasteiger partial charge in [0, 0.05) is 18.8 Å². The van der Waals surface area contributed by atoms with E-state index in [0.29, 0.717) is 22.5 Å². The first-order valence-electron chi connectivity index (χ1n) is 10.7. The van der Waals surface area contributed by atoms with Gasteiger partial charge in [0.05, 0.1) is 15.8 Å². The second-order valence-corrected chi connectivity index (χ2v) is 10.4. The smallest absolute Gasteiger partial charge is 0.242 e. The number of thioether (sulfide) groups is 1. The van der Waals surface area contributed by atoms with Crippen LogP contribution in [-0.2, 0) is 21.9 Å². The van der Waals surface area contributed by atoms with E-state index < -0.39 is 6.04 Å². The number of halogens is 2. The molecule has 2 rings (SSSR count). The second-order valence-electron chi connectivity index (χ2n) is 8.57. The summed E-state index contributed by atoms with van der Waals surface area (Å²) in [7, 11) is 0. The van der Waals surface area contributed by atoms with E-state index in [9.17, 15) is 9.59 Å². The Bertz CT molecular complexity index is 929. The maximum absolute atomic E-state index is 13.2. The van der Waals surface area contributed by atoms with Crippen LogP contribution >= 0.6 is 35.0 Å². The number of carbonyl (C=O) groups excluding carboxylic acids is 2. The Balaban J connectivity index is 2.11. The number of hydrogen-bond donors (Lipinski definition) is 1. The SMILES string of the molecule is Cc1cc(C)cc(CSCC(=O)N(Cc2ccc(Cl)c(Cl)c2)C(C)C(=O)NCC(C)C)c1. The standard InChI is InChI=1S/C25H32Cl2N2O2S/c1-16(2)12-28-25(31)19(5)29(13-20-6-7-22(26)23(27)11-20)24(30)15-32-14-21-9-17(3)8-18(4)10-21/h6-11,16,19H,12-15H2,1-5H3,(H,28,31). The summed E-state index contributed by atoms with van der Waals surface area (Å²) in [6.07, 6.45) is 0. The summed E-state index contributed by atoms with van der Waals surface area (Å²) < 4.78 is 0. The molecule has 0 saturated heterocycles. The van der Waals surface area contributed by atoms with E-state index in [2.05, 4.69) is 37.4 Å².